The molecule has 1 unspecified atom stereocenters. The van der Waals surface area contributed by atoms with E-state index in [4.69, 9.17) is 0 Å². The van der Waals surface area contributed by atoms with Crippen molar-refractivity contribution in [1.29, 1.82) is 0 Å². The summed E-state index contributed by atoms with van der Waals surface area (Å²) in [5.74, 6) is -2.73. The van der Waals surface area contributed by atoms with Crippen LogP contribution in [0.15, 0.2) is 0 Å². The Kier molecular flexibility index (Phi) is 3.47. The van der Waals surface area contributed by atoms with Crippen molar-refractivity contribution >= 4 is 10.0 Å². The fourth-order valence-electron chi connectivity index (χ4n) is 1.64. The molecule has 1 heterocycles. The summed E-state index contributed by atoms with van der Waals surface area (Å²) in [6.45, 7) is 4.42. The third-order valence-electron chi connectivity index (χ3n) is 2.72. The first-order valence-corrected chi connectivity index (χ1v) is 6.13. The minimum Gasteiger partial charge on any atom is -0.206 e. The Hall–Kier alpha value is -0.230. The third kappa shape index (κ3) is 2.23. The zero-order valence-electron chi connectivity index (χ0n) is 8.28. The lowest BCUT2D eigenvalue weighted by Gasteiger charge is -2.17. The van der Waals surface area contributed by atoms with E-state index in [-0.39, 0.29) is 19.0 Å². The van der Waals surface area contributed by atoms with Crippen LogP contribution in [-0.4, -0.2) is 31.6 Å². The van der Waals surface area contributed by atoms with Crippen molar-refractivity contribution in [3.05, 3.63) is 0 Å². The fourth-order valence-corrected chi connectivity index (χ4v) is 2.63. The number of nitrogens with zero attached hydrogens (tertiary/aromatic N) is 1. The van der Waals surface area contributed by atoms with Gasteiger partial charge in [0, 0.05) is 13.1 Å². The van der Waals surface area contributed by atoms with Crippen LogP contribution in [0.1, 0.15) is 20.3 Å². The highest BCUT2D eigenvalue weighted by molar-refractivity contribution is 7.89. The standard InChI is InChI=1S/C8H15F2NO2S/c1-6(2)7-3-4-11(5-7)14(12,13)8(9)10/h6-8H,3-5H2,1-2H3. The Morgan fingerprint density at radius 1 is 1.36 bits per heavy atom. The average molecular weight is 227 g/mol. The largest absolute Gasteiger partial charge is 0.350 e. The normalized spacial score (nSPS) is 25.1. The van der Waals surface area contributed by atoms with E-state index < -0.39 is 15.8 Å². The van der Waals surface area contributed by atoms with E-state index in [1.54, 1.807) is 0 Å². The second-order valence-electron chi connectivity index (χ2n) is 3.96. The lowest BCUT2D eigenvalue weighted by atomic mass is 9.96. The maximum Gasteiger partial charge on any atom is 0.350 e. The lowest BCUT2D eigenvalue weighted by Crippen LogP contribution is -2.33. The number of hydrogen-bond donors (Lipinski definition) is 0. The van der Waals surface area contributed by atoms with Crippen molar-refractivity contribution in [2.75, 3.05) is 13.1 Å². The van der Waals surface area contributed by atoms with Gasteiger partial charge >= 0.3 is 5.76 Å². The molecular weight excluding hydrogens is 212 g/mol. The van der Waals surface area contributed by atoms with Crippen molar-refractivity contribution < 1.29 is 17.2 Å². The van der Waals surface area contributed by atoms with Crippen LogP contribution in [0.25, 0.3) is 0 Å². The van der Waals surface area contributed by atoms with E-state index in [0.717, 1.165) is 4.31 Å². The lowest BCUT2D eigenvalue weighted by molar-refractivity contribution is 0.221. The number of alkyl halides is 2. The zero-order valence-corrected chi connectivity index (χ0v) is 9.10. The molecule has 1 rings (SSSR count). The monoisotopic (exact) mass is 227 g/mol. The molecule has 0 amide bonds. The van der Waals surface area contributed by atoms with Gasteiger partial charge in [0.25, 0.3) is 10.0 Å². The number of hydrogen-bond acceptors (Lipinski definition) is 2. The first kappa shape index (κ1) is 11.8. The van der Waals surface area contributed by atoms with Gasteiger partial charge in [-0.15, -0.1) is 0 Å². The molecule has 6 heteroatoms. The summed E-state index contributed by atoms with van der Waals surface area (Å²) in [5.41, 5.74) is 0. The van der Waals surface area contributed by atoms with E-state index in [2.05, 4.69) is 0 Å². The summed E-state index contributed by atoms with van der Waals surface area (Å²) in [6, 6.07) is 0. The molecule has 0 aliphatic carbocycles. The van der Waals surface area contributed by atoms with Gasteiger partial charge in [0.05, 0.1) is 0 Å². The van der Waals surface area contributed by atoms with Gasteiger partial charge in [-0.05, 0) is 18.3 Å². The predicted octanol–water partition coefficient (Wildman–Crippen LogP) is 1.52. The third-order valence-corrected chi connectivity index (χ3v) is 4.22. The number of halogens is 2. The molecule has 1 aliphatic rings. The van der Waals surface area contributed by atoms with Crippen LogP contribution in [0.4, 0.5) is 8.78 Å². The van der Waals surface area contributed by atoms with Crippen LogP contribution in [0, 0.1) is 11.8 Å². The SMILES string of the molecule is CC(C)C1CCN(S(=O)(=O)C(F)F)C1. The van der Waals surface area contributed by atoms with Crippen molar-refractivity contribution in [2.24, 2.45) is 11.8 Å². The Morgan fingerprint density at radius 2 is 1.93 bits per heavy atom. The summed E-state index contributed by atoms with van der Waals surface area (Å²) in [4.78, 5) is 0. The molecule has 0 N–H and O–H groups in total. The first-order valence-electron chi connectivity index (χ1n) is 4.63. The van der Waals surface area contributed by atoms with Crippen molar-refractivity contribution in [3.63, 3.8) is 0 Å². The predicted molar refractivity (Wildman–Crippen MR) is 49.4 cm³/mol. The number of sulfonamides is 1. The molecule has 1 atom stereocenters. The molecule has 1 fully saturated rings. The van der Waals surface area contributed by atoms with Crippen molar-refractivity contribution in [1.82, 2.24) is 4.31 Å². The van der Waals surface area contributed by atoms with Crippen LogP contribution in [0.2, 0.25) is 0 Å². The van der Waals surface area contributed by atoms with E-state index in [0.29, 0.717) is 12.3 Å². The Labute approximate surface area is 83.1 Å². The van der Waals surface area contributed by atoms with Gasteiger partial charge in [0.1, 0.15) is 0 Å². The minimum absolute atomic E-state index is 0.212. The summed E-state index contributed by atoms with van der Waals surface area (Å²) in [5, 5.41) is 0. The topological polar surface area (TPSA) is 37.4 Å². The fraction of sp³-hybridized carbons (Fsp3) is 1.00. The van der Waals surface area contributed by atoms with E-state index in [9.17, 15) is 17.2 Å². The molecule has 84 valence electrons. The van der Waals surface area contributed by atoms with Crippen LogP contribution in [0.3, 0.4) is 0 Å². The Morgan fingerprint density at radius 3 is 2.29 bits per heavy atom. The van der Waals surface area contributed by atoms with E-state index in [1.165, 1.54) is 0 Å². The molecule has 0 bridgehead atoms. The molecule has 0 saturated carbocycles. The molecule has 0 spiro atoms. The quantitative estimate of drug-likeness (QED) is 0.733. The molecule has 1 saturated heterocycles. The van der Waals surface area contributed by atoms with Crippen LogP contribution < -0.4 is 0 Å². The van der Waals surface area contributed by atoms with Crippen molar-refractivity contribution in [3.8, 4) is 0 Å². The summed E-state index contributed by atoms with van der Waals surface area (Å²) in [7, 11) is -4.34. The summed E-state index contributed by atoms with van der Waals surface area (Å²) >= 11 is 0. The second kappa shape index (κ2) is 4.10. The van der Waals surface area contributed by atoms with Crippen LogP contribution >= 0.6 is 0 Å². The summed E-state index contributed by atoms with van der Waals surface area (Å²) in [6.07, 6.45) is 0.684. The van der Waals surface area contributed by atoms with Crippen LogP contribution in [0.5, 0.6) is 0 Å². The van der Waals surface area contributed by atoms with Crippen LogP contribution in [-0.2, 0) is 10.0 Å². The molecule has 1 aliphatic heterocycles. The molecular formula is C8H15F2NO2S. The highest BCUT2D eigenvalue weighted by Crippen LogP contribution is 2.27. The highest BCUT2D eigenvalue weighted by Gasteiger charge is 2.37. The van der Waals surface area contributed by atoms with Gasteiger partial charge in [-0.3, -0.25) is 0 Å². The molecule has 0 aromatic carbocycles. The van der Waals surface area contributed by atoms with Crippen molar-refractivity contribution in [2.45, 2.75) is 26.0 Å². The maximum atomic E-state index is 12.2. The Balaban J connectivity index is 2.67. The maximum absolute atomic E-state index is 12.2. The zero-order chi connectivity index (χ0) is 10.9. The Bertz CT molecular complexity index is 290. The average Bonchev–Trinajstić information content (AvgIpc) is 2.51. The molecule has 0 aromatic heterocycles. The van der Waals surface area contributed by atoms with Gasteiger partial charge < -0.3 is 0 Å². The molecule has 3 nitrogen and oxygen atoms in total. The van der Waals surface area contributed by atoms with Gasteiger partial charge in [-0.1, -0.05) is 13.8 Å². The second-order valence-corrected chi connectivity index (χ2v) is 5.86. The highest BCUT2D eigenvalue weighted by atomic mass is 32.2. The van der Waals surface area contributed by atoms with E-state index in [1.807, 2.05) is 13.8 Å². The molecule has 0 radical (unpaired) electrons. The summed E-state index contributed by atoms with van der Waals surface area (Å²) < 4.78 is 47.4. The van der Waals surface area contributed by atoms with Gasteiger partial charge in [0.15, 0.2) is 0 Å². The smallest absolute Gasteiger partial charge is 0.206 e. The van der Waals surface area contributed by atoms with Gasteiger partial charge in [-0.25, -0.2) is 8.42 Å². The number of rotatable bonds is 3. The van der Waals surface area contributed by atoms with Gasteiger partial charge in [0.2, 0.25) is 0 Å². The molecule has 14 heavy (non-hydrogen) atoms. The first-order chi connectivity index (χ1) is 6.35. The van der Waals surface area contributed by atoms with E-state index >= 15 is 0 Å². The van der Waals surface area contributed by atoms with Gasteiger partial charge in [-0.2, -0.15) is 13.1 Å². The minimum atomic E-state index is -4.34. The molecule has 0 aromatic rings.